The molecule has 9 aromatic rings. The lowest BCUT2D eigenvalue weighted by molar-refractivity contribution is 0.612. The van der Waals surface area contributed by atoms with Crippen molar-refractivity contribution >= 4 is 70.3 Å². The summed E-state index contributed by atoms with van der Waals surface area (Å²) in [6.07, 6.45) is 7.13. The Morgan fingerprint density at radius 3 is 1.88 bits per heavy atom. The lowest BCUT2D eigenvalue weighted by atomic mass is 9.88. The molecule has 248 valence electrons. The van der Waals surface area contributed by atoms with E-state index in [0.717, 1.165) is 0 Å². The van der Waals surface area contributed by atoms with Crippen LogP contribution >= 0.6 is 11.3 Å². The number of anilines is 2. The molecule has 0 N–H and O–H groups in total. The van der Waals surface area contributed by atoms with Crippen LogP contribution in [0.25, 0.3) is 64.4 Å². The molecule has 0 saturated carbocycles. The largest absolute Gasteiger partial charge is 0.334 e. The van der Waals surface area contributed by atoms with E-state index in [1.165, 1.54) is 81.3 Å². The predicted octanol–water partition coefficient (Wildman–Crippen LogP) is 13.6. The monoisotopic (exact) mass is 684 g/mol. The molecule has 2 nitrogen and oxygen atoms in total. The molecule has 52 heavy (non-hydrogen) atoms. The third-order valence-corrected chi connectivity index (χ3v) is 11.8. The maximum Gasteiger partial charge on any atom is 0.0585 e. The molecule has 2 aromatic heterocycles. The zero-order valence-electron chi connectivity index (χ0n) is 28.9. The van der Waals surface area contributed by atoms with E-state index in [9.17, 15) is 0 Å². The van der Waals surface area contributed by atoms with Gasteiger partial charge in [-0.3, -0.25) is 0 Å². The summed E-state index contributed by atoms with van der Waals surface area (Å²) < 4.78 is 5.04. The Bertz CT molecular complexity index is 2760. The van der Waals surface area contributed by atoms with E-state index in [2.05, 4.69) is 204 Å². The maximum absolute atomic E-state index is 2.53. The minimum absolute atomic E-state index is 0.156. The van der Waals surface area contributed by atoms with Gasteiger partial charge in [-0.2, -0.15) is 0 Å². The van der Waals surface area contributed by atoms with Crippen molar-refractivity contribution in [2.75, 3.05) is 4.90 Å². The fourth-order valence-electron chi connectivity index (χ4n) is 8.16. The van der Waals surface area contributed by atoms with Gasteiger partial charge in [0.15, 0.2) is 0 Å². The number of hydrogen-bond donors (Lipinski definition) is 0. The molecule has 2 heterocycles. The molecule has 0 saturated heterocycles. The number of hydrogen-bond acceptors (Lipinski definition) is 2. The predicted molar refractivity (Wildman–Crippen MR) is 224 cm³/mol. The fourth-order valence-corrected chi connectivity index (χ4v) is 9.30. The normalized spacial score (nSPS) is 15.8. The average Bonchev–Trinajstić information content (AvgIpc) is 3.75. The SMILES string of the molecule is CC1C=C(c2ccccc2)C=CC1N(c1ccc(-c2cccc(-n3c4ccccc4c4ccccc43)c2)cc1)c1ccc2c(c1)sc1ccccc12. The first-order chi connectivity index (χ1) is 25.7. The van der Waals surface area contributed by atoms with Crippen LogP contribution in [0.4, 0.5) is 11.4 Å². The number of thiophene rings is 1. The third-order valence-electron chi connectivity index (χ3n) is 10.7. The molecule has 1 aliphatic rings. The average molecular weight is 685 g/mol. The van der Waals surface area contributed by atoms with Crippen molar-refractivity contribution in [3.63, 3.8) is 0 Å². The minimum Gasteiger partial charge on any atom is -0.334 e. The lowest BCUT2D eigenvalue weighted by Gasteiger charge is -2.37. The highest BCUT2D eigenvalue weighted by Crippen LogP contribution is 2.41. The number of rotatable bonds is 6. The van der Waals surface area contributed by atoms with Crippen molar-refractivity contribution in [2.45, 2.75) is 13.0 Å². The fraction of sp³-hybridized carbons (Fsp3) is 0.0612. The van der Waals surface area contributed by atoms with Gasteiger partial charge in [0.2, 0.25) is 0 Å². The van der Waals surface area contributed by atoms with Crippen LogP contribution in [-0.4, -0.2) is 10.6 Å². The van der Waals surface area contributed by atoms with Gasteiger partial charge in [0.1, 0.15) is 0 Å². The summed E-state index contributed by atoms with van der Waals surface area (Å²) in [7, 11) is 0. The van der Waals surface area contributed by atoms with Gasteiger partial charge in [-0.05, 0) is 82.8 Å². The summed E-state index contributed by atoms with van der Waals surface area (Å²) >= 11 is 1.88. The van der Waals surface area contributed by atoms with Crippen LogP contribution in [-0.2, 0) is 0 Å². The molecular weight excluding hydrogens is 649 g/mol. The molecule has 0 amide bonds. The van der Waals surface area contributed by atoms with E-state index in [1.807, 2.05) is 11.3 Å². The van der Waals surface area contributed by atoms with Crippen molar-refractivity contribution in [1.29, 1.82) is 0 Å². The zero-order chi connectivity index (χ0) is 34.6. The Hall–Kier alpha value is -6.16. The molecule has 3 heteroatoms. The second-order valence-corrected chi connectivity index (χ2v) is 14.9. The summed E-state index contributed by atoms with van der Waals surface area (Å²) in [5, 5.41) is 5.20. The van der Waals surface area contributed by atoms with E-state index in [0.29, 0.717) is 5.92 Å². The number of allylic oxidation sites excluding steroid dienone is 2. The van der Waals surface area contributed by atoms with Crippen molar-refractivity contribution in [1.82, 2.24) is 4.57 Å². The van der Waals surface area contributed by atoms with Crippen molar-refractivity contribution in [3.8, 4) is 16.8 Å². The number of para-hydroxylation sites is 2. The zero-order valence-corrected chi connectivity index (χ0v) is 29.7. The quantitative estimate of drug-likeness (QED) is 0.169. The maximum atomic E-state index is 2.53. The summed E-state index contributed by atoms with van der Waals surface area (Å²) in [6, 6.07) is 62.2. The van der Waals surface area contributed by atoms with Gasteiger partial charge >= 0.3 is 0 Å². The molecule has 0 bridgehead atoms. The van der Waals surface area contributed by atoms with Gasteiger partial charge < -0.3 is 9.47 Å². The van der Waals surface area contributed by atoms with E-state index >= 15 is 0 Å². The number of aromatic nitrogens is 1. The first-order valence-electron chi connectivity index (χ1n) is 18.0. The van der Waals surface area contributed by atoms with Gasteiger partial charge in [0.05, 0.1) is 17.1 Å². The third kappa shape index (κ3) is 5.16. The molecule has 7 aromatic carbocycles. The molecule has 0 fully saturated rings. The number of benzene rings is 7. The summed E-state index contributed by atoms with van der Waals surface area (Å²) in [5.41, 5.74) is 10.9. The molecule has 1 aliphatic carbocycles. The Morgan fingerprint density at radius 1 is 0.500 bits per heavy atom. The van der Waals surface area contributed by atoms with Crippen LogP contribution in [0.15, 0.2) is 188 Å². The summed E-state index contributed by atoms with van der Waals surface area (Å²) in [4.78, 5) is 2.53. The summed E-state index contributed by atoms with van der Waals surface area (Å²) in [5.74, 6) is 0.292. The van der Waals surface area contributed by atoms with E-state index in [4.69, 9.17) is 0 Å². The molecule has 10 rings (SSSR count). The molecular formula is C49H36N2S. The van der Waals surface area contributed by atoms with Crippen LogP contribution in [0.3, 0.4) is 0 Å². The van der Waals surface area contributed by atoms with Gasteiger partial charge in [0, 0.05) is 48.0 Å². The van der Waals surface area contributed by atoms with Gasteiger partial charge in [0.25, 0.3) is 0 Å². The van der Waals surface area contributed by atoms with Crippen LogP contribution in [0, 0.1) is 5.92 Å². The van der Waals surface area contributed by atoms with Gasteiger partial charge in [-0.25, -0.2) is 0 Å². The number of fused-ring (bicyclic) bond motifs is 6. The minimum atomic E-state index is 0.156. The lowest BCUT2D eigenvalue weighted by Crippen LogP contribution is -2.35. The van der Waals surface area contributed by atoms with Crippen LogP contribution in [0.5, 0.6) is 0 Å². The van der Waals surface area contributed by atoms with Gasteiger partial charge in [-0.1, -0.05) is 140 Å². The van der Waals surface area contributed by atoms with Crippen molar-refractivity contribution < 1.29 is 0 Å². The van der Waals surface area contributed by atoms with Crippen molar-refractivity contribution in [2.24, 2.45) is 5.92 Å². The molecule has 2 atom stereocenters. The Morgan fingerprint density at radius 2 is 1.13 bits per heavy atom. The van der Waals surface area contributed by atoms with E-state index in [-0.39, 0.29) is 6.04 Å². The Labute approximate surface area is 307 Å². The van der Waals surface area contributed by atoms with Crippen LogP contribution in [0.1, 0.15) is 12.5 Å². The van der Waals surface area contributed by atoms with Crippen LogP contribution < -0.4 is 4.90 Å². The molecule has 0 aliphatic heterocycles. The Kier molecular flexibility index (Phi) is 7.40. The van der Waals surface area contributed by atoms with E-state index < -0.39 is 0 Å². The topological polar surface area (TPSA) is 8.17 Å². The Balaban J connectivity index is 1.05. The van der Waals surface area contributed by atoms with Gasteiger partial charge in [-0.15, -0.1) is 11.3 Å². The standard InChI is InChI=1S/C49H36N2S/c1-33-30-37(34-12-3-2-4-13-34)24-29-45(33)50(40-27-28-44-43-18-7-10-21-48(43)52-49(44)32-40)38-25-22-35(23-26-38)36-14-11-15-39(31-36)51-46-19-8-5-16-41(46)42-17-6-9-20-47(42)51/h2-33,45H,1H3. The first-order valence-corrected chi connectivity index (χ1v) is 18.9. The molecule has 0 spiro atoms. The highest BCUT2D eigenvalue weighted by atomic mass is 32.1. The molecule has 0 radical (unpaired) electrons. The molecule has 2 unspecified atom stereocenters. The van der Waals surface area contributed by atoms with Crippen molar-refractivity contribution in [3.05, 3.63) is 194 Å². The smallest absolute Gasteiger partial charge is 0.0585 e. The van der Waals surface area contributed by atoms with Crippen LogP contribution in [0.2, 0.25) is 0 Å². The summed E-state index contributed by atoms with van der Waals surface area (Å²) in [6.45, 7) is 2.34. The number of nitrogens with zero attached hydrogens (tertiary/aromatic N) is 2. The van der Waals surface area contributed by atoms with E-state index in [1.54, 1.807) is 0 Å². The second-order valence-electron chi connectivity index (χ2n) is 13.8. The first kappa shape index (κ1) is 30.6. The highest BCUT2D eigenvalue weighted by molar-refractivity contribution is 7.25. The highest BCUT2D eigenvalue weighted by Gasteiger charge is 2.27. The second kappa shape index (κ2) is 12.6.